The summed E-state index contributed by atoms with van der Waals surface area (Å²) < 4.78 is 13.2. The van der Waals surface area contributed by atoms with Gasteiger partial charge in [0.05, 0.1) is 6.10 Å². The number of para-hydroxylation sites is 1. The van der Waals surface area contributed by atoms with Gasteiger partial charge >= 0.3 is 0 Å². The van der Waals surface area contributed by atoms with Crippen molar-refractivity contribution in [3.8, 4) is 0 Å². The zero-order chi connectivity index (χ0) is 16.2. The summed E-state index contributed by atoms with van der Waals surface area (Å²) in [5.41, 5.74) is 2.98. The highest BCUT2D eigenvalue weighted by molar-refractivity contribution is 14.0. The van der Waals surface area contributed by atoms with Gasteiger partial charge in [0, 0.05) is 25.8 Å². The summed E-state index contributed by atoms with van der Waals surface area (Å²) in [7, 11) is 1.72. The number of fused-ring (bicyclic) bond motifs is 1. The molecule has 2 N–H and O–H groups in total. The standard InChI is InChI=1S/C18H20FN3O.HI/c1-20-18(22-10-9-13-5-2-3-8-16(13)22)21-12-17(23)14-6-4-7-15(19)11-14;/h2-8,11,17,23H,9-10,12H2,1H3,(H,20,21);1H. The number of hydrogen-bond acceptors (Lipinski definition) is 2. The molecule has 2 aromatic carbocycles. The molecule has 1 unspecified atom stereocenters. The molecular formula is C18H21FIN3O. The first-order valence-electron chi connectivity index (χ1n) is 7.68. The Morgan fingerprint density at radius 1 is 1.29 bits per heavy atom. The second-order valence-electron chi connectivity index (χ2n) is 5.53. The van der Waals surface area contributed by atoms with Crippen molar-refractivity contribution in [1.29, 1.82) is 0 Å². The van der Waals surface area contributed by atoms with Crippen molar-refractivity contribution in [2.45, 2.75) is 12.5 Å². The Balaban J connectivity index is 0.00000208. The number of guanidine groups is 1. The Morgan fingerprint density at radius 3 is 2.83 bits per heavy atom. The summed E-state index contributed by atoms with van der Waals surface area (Å²) in [6, 6.07) is 14.2. The van der Waals surface area contributed by atoms with Crippen molar-refractivity contribution in [3.05, 3.63) is 65.5 Å². The average molecular weight is 441 g/mol. The minimum Gasteiger partial charge on any atom is -0.387 e. The molecule has 4 nitrogen and oxygen atoms in total. The van der Waals surface area contributed by atoms with Crippen molar-refractivity contribution in [3.63, 3.8) is 0 Å². The number of aliphatic hydroxyl groups excluding tert-OH is 1. The van der Waals surface area contributed by atoms with E-state index >= 15 is 0 Å². The second kappa shape index (κ2) is 8.43. The Hall–Kier alpha value is -1.67. The van der Waals surface area contributed by atoms with Crippen LogP contribution in [0, 0.1) is 5.82 Å². The SMILES string of the molecule is CN=C(NCC(O)c1cccc(F)c1)N1CCc2ccccc21.I. The number of halogens is 2. The number of anilines is 1. The van der Waals surface area contributed by atoms with Gasteiger partial charge in [0.15, 0.2) is 5.96 Å². The summed E-state index contributed by atoms with van der Waals surface area (Å²) in [6.45, 7) is 1.13. The first-order chi connectivity index (χ1) is 11.2. The van der Waals surface area contributed by atoms with Crippen molar-refractivity contribution in [1.82, 2.24) is 5.32 Å². The van der Waals surface area contributed by atoms with E-state index in [2.05, 4.69) is 27.3 Å². The van der Waals surface area contributed by atoms with Gasteiger partial charge < -0.3 is 15.3 Å². The van der Waals surface area contributed by atoms with Crippen LogP contribution in [0.5, 0.6) is 0 Å². The van der Waals surface area contributed by atoms with Crippen LogP contribution in [0.15, 0.2) is 53.5 Å². The molecule has 0 saturated carbocycles. The maximum Gasteiger partial charge on any atom is 0.198 e. The van der Waals surface area contributed by atoms with Gasteiger partial charge in [-0.25, -0.2) is 4.39 Å². The molecule has 0 fully saturated rings. The van der Waals surface area contributed by atoms with Gasteiger partial charge in [-0.05, 0) is 35.7 Å². The number of nitrogens with zero attached hydrogens (tertiary/aromatic N) is 2. The quantitative estimate of drug-likeness (QED) is 0.437. The lowest BCUT2D eigenvalue weighted by Crippen LogP contribution is -2.42. The molecule has 1 aliphatic rings. The van der Waals surface area contributed by atoms with Crippen molar-refractivity contribution < 1.29 is 9.50 Å². The van der Waals surface area contributed by atoms with Gasteiger partial charge in [-0.15, -0.1) is 24.0 Å². The van der Waals surface area contributed by atoms with Gasteiger partial charge in [-0.3, -0.25) is 4.99 Å². The molecule has 0 bridgehead atoms. The van der Waals surface area contributed by atoms with E-state index in [9.17, 15) is 9.50 Å². The third kappa shape index (κ3) is 4.05. The number of aliphatic hydroxyl groups is 1. The number of aliphatic imine (C=N–C) groups is 1. The minimum atomic E-state index is -0.791. The molecule has 3 rings (SSSR count). The lowest BCUT2D eigenvalue weighted by Gasteiger charge is -2.23. The normalized spacial score (nSPS) is 14.8. The van der Waals surface area contributed by atoms with E-state index in [1.165, 1.54) is 17.7 Å². The van der Waals surface area contributed by atoms with E-state index in [1.54, 1.807) is 19.2 Å². The maximum atomic E-state index is 13.2. The van der Waals surface area contributed by atoms with E-state index in [-0.39, 0.29) is 36.3 Å². The fraction of sp³-hybridized carbons (Fsp3) is 0.278. The summed E-state index contributed by atoms with van der Waals surface area (Å²) in [4.78, 5) is 6.40. The maximum absolute atomic E-state index is 13.2. The topological polar surface area (TPSA) is 47.9 Å². The zero-order valence-corrected chi connectivity index (χ0v) is 15.8. The summed E-state index contributed by atoms with van der Waals surface area (Å²) in [5, 5.41) is 13.4. The van der Waals surface area contributed by atoms with Crippen molar-refractivity contribution >= 4 is 35.6 Å². The van der Waals surface area contributed by atoms with E-state index < -0.39 is 6.10 Å². The Morgan fingerprint density at radius 2 is 2.08 bits per heavy atom. The van der Waals surface area contributed by atoms with Gasteiger partial charge in [0.1, 0.15) is 5.82 Å². The summed E-state index contributed by atoms with van der Waals surface area (Å²) >= 11 is 0. The van der Waals surface area contributed by atoms with Gasteiger partial charge in [-0.2, -0.15) is 0 Å². The lowest BCUT2D eigenvalue weighted by atomic mass is 10.1. The Kier molecular flexibility index (Phi) is 6.56. The van der Waals surface area contributed by atoms with Crippen LogP contribution in [-0.4, -0.2) is 31.2 Å². The van der Waals surface area contributed by atoms with E-state index in [4.69, 9.17) is 0 Å². The van der Waals surface area contributed by atoms with Crippen molar-refractivity contribution in [2.24, 2.45) is 4.99 Å². The number of rotatable bonds is 3. The third-order valence-electron chi connectivity index (χ3n) is 4.04. The van der Waals surface area contributed by atoms with Crippen LogP contribution >= 0.6 is 24.0 Å². The zero-order valence-electron chi connectivity index (χ0n) is 13.4. The lowest BCUT2D eigenvalue weighted by molar-refractivity contribution is 0.180. The molecule has 0 spiro atoms. The smallest absolute Gasteiger partial charge is 0.198 e. The number of hydrogen-bond donors (Lipinski definition) is 2. The van der Waals surface area contributed by atoms with E-state index in [0.717, 1.165) is 18.7 Å². The molecule has 0 aliphatic carbocycles. The number of benzene rings is 2. The number of nitrogens with one attached hydrogen (secondary N) is 1. The van der Waals surface area contributed by atoms with Crippen LogP contribution in [0.1, 0.15) is 17.2 Å². The predicted octanol–water partition coefficient (Wildman–Crippen LogP) is 3.12. The molecule has 1 aliphatic heterocycles. The molecule has 0 aromatic heterocycles. The fourth-order valence-corrected chi connectivity index (χ4v) is 2.87. The molecule has 6 heteroatoms. The van der Waals surface area contributed by atoms with Gasteiger partial charge in [0.2, 0.25) is 0 Å². The van der Waals surface area contributed by atoms with Gasteiger partial charge in [0.25, 0.3) is 0 Å². The molecule has 1 atom stereocenters. The fourth-order valence-electron chi connectivity index (χ4n) is 2.87. The summed E-state index contributed by atoms with van der Waals surface area (Å²) in [5.74, 6) is 0.366. The van der Waals surface area contributed by atoms with Crippen LogP contribution in [0.25, 0.3) is 0 Å². The second-order valence-corrected chi connectivity index (χ2v) is 5.53. The van der Waals surface area contributed by atoms with Crippen molar-refractivity contribution in [2.75, 3.05) is 25.0 Å². The first-order valence-corrected chi connectivity index (χ1v) is 7.68. The van der Waals surface area contributed by atoms with Crippen LogP contribution in [0.3, 0.4) is 0 Å². The first kappa shape index (κ1) is 18.7. The molecule has 0 radical (unpaired) electrons. The Labute approximate surface area is 158 Å². The highest BCUT2D eigenvalue weighted by Gasteiger charge is 2.22. The molecule has 128 valence electrons. The van der Waals surface area contributed by atoms with Crippen LogP contribution < -0.4 is 10.2 Å². The molecule has 0 saturated heterocycles. The minimum absolute atomic E-state index is 0. The largest absolute Gasteiger partial charge is 0.387 e. The molecular weight excluding hydrogens is 420 g/mol. The van der Waals surface area contributed by atoms with Crippen LogP contribution in [-0.2, 0) is 6.42 Å². The van der Waals surface area contributed by atoms with E-state index in [1.807, 2.05) is 12.1 Å². The highest BCUT2D eigenvalue weighted by atomic mass is 127. The molecule has 1 heterocycles. The summed E-state index contributed by atoms with van der Waals surface area (Å²) in [6.07, 6.45) is 0.184. The predicted molar refractivity (Wildman–Crippen MR) is 106 cm³/mol. The third-order valence-corrected chi connectivity index (χ3v) is 4.04. The van der Waals surface area contributed by atoms with Crippen LogP contribution in [0.4, 0.5) is 10.1 Å². The molecule has 24 heavy (non-hydrogen) atoms. The monoisotopic (exact) mass is 441 g/mol. The Bertz CT molecular complexity index is 723. The molecule has 0 amide bonds. The van der Waals surface area contributed by atoms with Crippen LogP contribution in [0.2, 0.25) is 0 Å². The average Bonchev–Trinajstić information content (AvgIpc) is 2.99. The highest BCUT2D eigenvalue weighted by Crippen LogP contribution is 2.27. The molecule has 2 aromatic rings. The van der Waals surface area contributed by atoms with Gasteiger partial charge in [-0.1, -0.05) is 30.3 Å². The van der Waals surface area contributed by atoms with E-state index in [0.29, 0.717) is 11.5 Å².